The number of hydrogen-bond acceptors (Lipinski definition) is 5. The molecule has 2 aliphatic carbocycles. The molecular weight excluding hydrogens is 260 g/mol. The maximum atomic E-state index is 12.6. The minimum absolute atomic E-state index is 0.0121. The van der Waals surface area contributed by atoms with Crippen molar-refractivity contribution < 1.29 is 23.9 Å². The van der Waals surface area contributed by atoms with Gasteiger partial charge in [0.05, 0.1) is 24.4 Å². The predicted molar refractivity (Wildman–Crippen MR) is 66.4 cm³/mol. The van der Waals surface area contributed by atoms with Crippen LogP contribution in [0.4, 0.5) is 0 Å². The van der Waals surface area contributed by atoms with E-state index in [9.17, 15) is 14.4 Å². The van der Waals surface area contributed by atoms with E-state index in [2.05, 4.69) is 0 Å². The molecule has 0 aromatic rings. The van der Waals surface area contributed by atoms with Crippen LogP contribution in [0.3, 0.4) is 0 Å². The molecule has 5 nitrogen and oxygen atoms in total. The molecule has 106 valence electrons. The molecular formula is C15H16O5. The molecule has 4 aliphatic rings. The van der Waals surface area contributed by atoms with E-state index < -0.39 is 17.6 Å². The molecule has 0 radical (unpaired) electrons. The van der Waals surface area contributed by atoms with Gasteiger partial charge in [0.25, 0.3) is 0 Å². The first-order chi connectivity index (χ1) is 9.35. The molecule has 0 saturated carbocycles. The molecule has 2 saturated heterocycles. The van der Waals surface area contributed by atoms with Gasteiger partial charge in [0.2, 0.25) is 6.29 Å². The summed E-state index contributed by atoms with van der Waals surface area (Å²) in [5.74, 6) is -0.816. The van der Waals surface area contributed by atoms with Gasteiger partial charge in [-0.15, -0.1) is 0 Å². The van der Waals surface area contributed by atoms with Gasteiger partial charge < -0.3 is 9.47 Å². The molecule has 4 rings (SSSR count). The zero-order valence-corrected chi connectivity index (χ0v) is 11.5. The quantitative estimate of drug-likeness (QED) is 0.621. The van der Waals surface area contributed by atoms with Crippen LogP contribution < -0.4 is 0 Å². The van der Waals surface area contributed by atoms with E-state index in [0.717, 1.165) is 0 Å². The molecule has 0 N–H and O–H groups in total. The second-order valence-electron chi connectivity index (χ2n) is 7.08. The van der Waals surface area contributed by atoms with Crippen LogP contribution in [-0.4, -0.2) is 30.4 Å². The van der Waals surface area contributed by atoms with Crippen LogP contribution in [0, 0.1) is 16.7 Å². The fraction of sp³-hybridized carbons (Fsp3) is 0.667. The molecule has 3 unspecified atom stereocenters. The van der Waals surface area contributed by atoms with Crippen molar-refractivity contribution in [3.8, 4) is 0 Å². The number of Topliss-reactive ketones (excluding diaryl/α,β-unsaturated/α-hetero) is 2. The summed E-state index contributed by atoms with van der Waals surface area (Å²) in [7, 11) is 0. The van der Waals surface area contributed by atoms with Crippen LogP contribution in [0.1, 0.15) is 33.1 Å². The minimum Gasteiger partial charge on any atom is -0.435 e. The molecule has 2 fully saturated rings. The molecule has 2 aliphatic heterocycles. The fourth-order valence-electron chi connectivity index (χ4n) is 4.36. The Hall–Kier alpha value is -1.49. The van der Waals surface area contributed by atoms with Crippen LogP contribution in [0.2, 0.25) is 0 Å². The lowest BCUT2D eigenvalue weighted by Gasteiger charge is -2.33. The standard InChI is InChI=1S/C15H16O5/c1-14(2)3-7-11(9(16)4-14)15-5-10(17)20-13(15)19-6-8(15)12(7)18/h8,13H,3-6H2,1-2H3. The van der Waals surface area contributed by atoms with Crippen LogP contribution in [0.25, 0.3) is 0 Å². The number of ether oxygens (including phenoxy) is 2. The Morgan fingerprint density at radius 3 is 2.60 bits per heavy atom. The second-order valence-corrected chi connectivity index (χ2v) is 7.08. The Labute approximate surface area is 116 Å². The van der Waals surface area contributed by atoms with E-state index in [1.54, 1.807) is 0 Å². The van der Waals surface area contributed by atoms with Crippen LogP contribution in [0.15, 0.2) is 11.1 Å². The maximum Gasteiger partial charge on any atom is 0.309 e. The molecule has 2 heterocycles. The Kier molecular flexibility index (Phi) is 2.08. The van der Waals surface area contributed by atoms with Crippen LogP contribution in [-0.2, 0) is 23.9 Å². The summed E-state index contributed by atoms with van der Waals surface area (Å²) in [6, 6.07) is 0. The first-order valence-corrected chi connectivity index (χ1v) is 6.97. The highest BCUT2D eigenvalue weighted by atomic mass is 16.7. The second kappa shape index (κ2) is 3.39. The number of carbonyl (C=O) groups is 3. The molecule has 3 atom stereocenters. The third-order valence-corrected chi connectivity index (χ3v) is 5.09. The van der Waals surface area contributed by atoms with E-state index in [1.165, 1.54) is 0 Å². The summed E-state index contributed by atoms with van der Waals surface area (Å²) < 4.78 is 10.7. The number of esters is 1. The predicted octanol–water partition coefficient (Wildman–Crippen LogP) is 1.16. The molecule has 20 heavy (non-hydrogen) atoms. The van der Waals surface area contributed by atoms with Crippen molar-refractivity contribution in [2.75, 3.05) is 6.61 Å². The first-order valence-electron chi connectivity index (χ1n) is 6.97. The van der Waals surface area contributed by atoms with E-state index >= 15 is 0 Å². The van der Waals surface area contributed by atoms with E-state index in [0.29, 0.717) is 24.0 Å². The normalized spacial score (nSPS) is 41.6. The lowest BCUT2D eigenvalue weighted by atomic mass is 9.67. The van der Waals surface area contributed by atoms with Crippen LogP contribution in [0.5, 0.6) is 0 Å². The third-order valence-electron chi connectivity index (χ3n) is 5.09. The minimum atomic E-state index is -0.822. The number of rotatable bonds is 0. The third kappa shape index (κ3) is 1.24. The lowest BCUT2D eigenvalue weighted by molar-refractivity contribution is -0.160. The topological polar surface area (TPSA) is 69.7 Å². The maximum absolute atomic E-state index is 12.6. The first kappa shape index (κ1) is 12.3. The number of carbonyl (C=O) groups excluding carboxylic acids is 3. The van der Waals surface area contributed by atoms with E-state index in [-0.39, 0.29) is 36.0 Å². The average Bonchev–Trinajstić information content (AvgIpc) is 2.85. The highest BCUT2D eigenvalue weighted by Gasteiger charge is 2.69. The summed E-state index contributed by atoms with van der Waals surface area (Å²) in [5, 5.41) is 0. The van der Waals surface area contributed by atoms with Crippen molar-refractivity contribution in [1.29, 1.82) is 0 Å². The van der Waals surface area contributed by atoms with Gasteiger partial charge in [-0.05, 0) is 11.8 Å². The molecule has 0 aromatic carbocycles. The van der Waals surface area contributed by atoms with Gasteiger partial charge in [0.15, 0.2) is 11.6 Å². The van der Waals surface area contributed by atoms with Gasteiger partial charge in [-0.25, -0.2) is 0 Å². The van der Waals surface area contributed by atoms with Crippen molar-refractivity contribution >= 4 is 17.5 Å². The van der Waals surface area contributed by atoms with Gasteiger partial charge in [0.1, 0.15) is 0 Å². The number of hydrogen-bond donors (Lipinski definition) is 0. The number of allylic oxidation sites excluding steroid dienone is 1. The van der Waals surface area contributed by atoms with Gasteiger partial charge in [-0.3, -0.25) is 14.4 Å². The Bertz CT molecular complexity index is 599. The van der Waals surface area contributed by atoms with Crippen molar-refractivity contribution in [3.05, 3.63) is 11.1 Å². The van der Waals surface area contributed by atoms with Crippen molar-refractivity contribution in [2.45, 2.75) is 39.4 Å². The summed E-state index contributed by atoms with van der Waals surface area (Å²) in [5.41, 5.74) is 0.153. The molecule has 0 amide bonds. The van der Waals surface area contributed by atoms with Gasteiger partial charge in [-0.1, -0.05) is 13.8 Å². The summed E-state index contributed by atoms with van der Waals surface area (Å²) >= 11 is 0. The largest absolute Gasteiger partial charge is 0.435 e. The summed E-state index contributed by atoms with van der Waals surface area (Å²) in [6.45, 7) is 4.24. The Morgan fingerprint density at radius 2 is 1.85 bits per heavy atom. The summed E-state index contributed by atoms with van der Waals surface area (Å²) in [4.78, 5) is 36.9. The van der Waals surface area contributed by atoms with Gasteiger partial charge in [-0.2, -0.15) is 0 Å². The van der Waals surface area contributed by atoms with E-state index in [1.807, 2.05) is 13.8 Å². The Balaban J connectivity index is 1.91. The van der Waals surface area contributed by atoms with Gasteiger partial charge >= 0.3 is 5.97 Å². The number of ketones is 2. The SMILES string of the molecule is CC1(C)CC(=O)C2=C(C1)C(=O)C1COC3OC(=O)CC231. The smallest absolute Gasteiger partial charge is 0.309 e. The highest BCUT2D eigenvalue weighted by Crippen LogP contribution is 2.62. The monoisotopic (exact) mass is 276 g/mol. The molecule has 0 bridgehead atoms. The molecule has 1 spiro atoms. The van der Waals surface area contributed by atoms with Crippen molar-refractivity contribution in [2.24, 2.45) is 16.7 Å². The van der Waals surface area contributed by atoms with E-state index in [4.69, 9.17) is 9.47 Å². The van der Waals surface area contributed by atoms with Crippen LogP contribution >= 0.6 is 0 Å². The zero-order chi connectivity index (χ0) is 14.3. The van der Waals surface area contributed by atoms with Crippen molar-refractivity contribution in [3.63, 3.8) is 0 Å². The summed E-state index contributed by atoms with van der Waals surface area (Å²) in [6.07, 6.45) is 0.362. The van der Waals surface area contributed by atoms with Crippen molar-refractivity contribution in [1.82, 2.24) is 0 Å². The zero-order valence-electron chi connectivity index (χ0n) is 11.5. The average molecular weight is 276 g/mol. The molecule has 0 aromatic heterocycles. The highest BCUT2D eigenvalue weighted by molar-refractivity contribution is 6.15. The van der Waals surface area contributed by atoms with Gasteiger partial charge in [0, 0.05) is 17.6 Å². The lowest BCUT2D eigenvalue weighted by Crippen LogP contribution is -2.37. The molecule has 5 heteroatoms. The fourth-order valence-corrected chi connectivity index (χ4v) is 4.36. The Morgan fingerprint density at radius 1 is 1.10 bits per heavy atom.